The Hall–Kier alpha value is -3.70. The van der Waals surface area contributed by atoms with Gasteiger partial charge in [-0.15, -0.1) is 0 Å². The molecule has 2 heterocycles. The molecule has 178 valence electrons. The van der Waals surface area contributed by atoms with E-state index in [2.05, 4.69) is 9.97 Å². The number of nitrogens with one attached hydrogen (secondary N) is 1. The third kappa shape index (κ3) is 5.10. The van der Waals surface area contributed by atoms with Crippen LogP contribution in [-0.4, -0.2) is 27.9 Å². The minimum atomic E-state index is -2.68. The largest absolute Gasteiger partial charge is 0.740 e. The number of nitrogens with zero attached hydrogens (tertiary/aromatic N) is 3. The van der Waals surface area contributed by atoms with E-state index in [0.717, 1.165) is 11.1 Å². The molecule has 0 aliphatic heterocycles. The van der Waals surface area contributed by atoms with E-state index in [1.807, 2.05) is 19.1 Å². The minimum Gasteiger partial charge on any atom is -0.740 e. The Kier molecular flexibility index (Phi) is 6.94. The van der Waals surface area contributed by atoms with E-state index in [4.69, 9.17) is 9.92 Å². The summed E-state index contributed by atoms with van der Waals surface area (Å²) < 4.78 is 29.1. The number of H-pyrrole nitrogens is 1. The lowest BCUT2D eigenvalue weighted by Crippen LogP contribution is -2.40. The van der Waals surface area contributed by atoms with E-state index < -0.39 is 22.6 Å². The first-order valence-electron chi connectivity index (χ1n) is 10.8. The Labute approximate surface area is 197 Å². The van der Waals surface area contributed by atoms with Crippen LogP contribution < -0.4 is 21.2 Å². The van der Waals surface area contributed by atoms with Crippen molar-refractivity contribution in [3.05, 3.63) is 86.3 Å². The maximum absolute atomic E-state index is 13.2. The molecular formula is C23H24N5O5S-. The lowest BCUT2D eigenvalue weighted by molar-refractivity contribution is 0.440. The number of nitrogens with two attached hydrogens (primary N) is 1. The predicted octanol–water partition coefficient (Wildman–Crippen LogP) is 1.88. The van der Waals surface area contributed by atoms with Gasteiger partial charge in [-0.05, 0) is 48.2 Å². The fourth-order valence-corrected chi connectivity index (χ4v) is 4.09. The molecule has 4 rings (SSSR count). The van der Waals surface area contributed by atoms with Crippen LogP contribution in [0.4, 0.5) is 5.69 Å². The van der Waals surface area contributed by atoms with Crippen LogP contribution >= 0.6 is 0 Å². The van der Waals surface area contributed by atoms with Gasteiger partial charge in [-0.2, -0.15) is 0 Å². The van der Waals surface area contributed by atoms with Gasteiger partial charge in [-0.3, -0.25) is 13.9 Å². The number of nitrogen functional groups attached to an aromatic ring is 1. The van der Waals surface area contributed by atoms with Crippen molar-refractivity contribution in [2.45, 2.75) is 39.3 Å². The lowest BCUT2D eigenvalue weighted by atomic mass is 10.1. The quantitative estimate of drug-likeness (QED) is 0.273. The third-order valence-electron chi connectivity index (χ3n) is 5.40. The predicted molar refractivity (Wildman–Crippen MR) is 128 cm³/mol. The number of rotatable bonds is 9. The number of aromatic amines is 1. The first kappa shape index (κ1) is 23.5. The highest BCUT2D eigenvalue weighted by molar-refractivity contribution is 7.74. The average molecular weight is 483 g/mol. The summed E-state index contributed by atoms with van der Waals surface area (Å²) in [5.41, 5.74) is 7.88. The molecule has 11 heteroatoms. The zero-order valence-electron chi connectivity index (χ0n) is 18.5. The molecule has 0 bridgehead atoms. The molecule has 0 saturated heterocycles. The number of imidazole rings is 1. The molecule has 1 unspecified atom stereocenters. The first-order valence-corrected chi connectivity index (χ1v) is 11.8. The van der Waals surface area contributed by atoms with Crippen molar-refractivity contribution in [3.63, 3.8) is 0 Å². The van der Waals surface area contributed by atoms with E-state index >= 15 is 0 Å². The van der Waals surface area contributed by atoms with Gasteiger partial charge >= 0.3 is 5.69 Å². The molecule has 0 fully saturated rings. The summed E-state index contributed by atoms with van der Waals surface area (Å²) in [5.74, 6) is 0.648. The van der Waals surface area contributed by atoms with Crippen molar-refractivity contribution >= 4 is 28.2 Å². The second-order valence-corrected chi connectivity index (χ2v) is 8.45. The molecule has 10 nitrogen and oxygen atoms in total. The Morgan fingerprint density at radius 1 is 1.09 bits per heavy atom. The number of aromatic nitrogens is 4. The zero-order valence-corrected chi connectivity index (χ0v) is 19.3. The number of fused-ring (bicyclic) bond motifs is 1. The maximum Gasteiger partial charge on any atom is 0.332 e. The SMILES string of the molecule is CCCn1c(=O)c2[nH]c(Cc3cccc(OS(=O)[O-])c3)nc2n(CCc2ccc(N)cc2)c1=O. The highest BCUT2D eigenvalue weighted by Crippen LogP contribution is 2.17. The normalized spacial score (nSPS) is 12.2. The molecule has 0 saturated carbocycles. The van der Waals surface area contributed by atoms with E-state index in [-0.39, 0.29) is 17.7 Å². The number of benzene rings is 2. The number of hydrogen-bond acceptors (Lipinski definition) is 7. The van der Waals surface area contributed by atoms with Gasteiger partial charge in [0.25, 0.3) is 5.56 Å². The van der Waals surface area contributed by atoms with E-state index in [9.17, 15) is 18.4 Å². The van der Waals surface area contributed by atoms with Crippen molar-refractivity contribution in [1.29, 1.82) is 0 Å². The highest BCUT2D eigenvalue weighted by Gasteiger charge is 2.17. The van der Waals surface area contributed by atoms with Crippen LogP contribution in [0.25, 0.3) is 11.2 Å². The monoisotopic (exact) mass is 482 g/mol. The van der Waals surface area contributed by atoms with Gasteiger partial charge in [0.2, 0.25) is 0 Å². The van der Waals surface area contributed by atoms with Gasteiger partial charge in [-0.25, -0.2) is 14.0 Å². The van der Waals surface area contributed by atoms with Crippen molar-refractivity contribution < 1.29 is 12.9 Å². The van der Waals surface area contributed by atoms with E-state index in [1.165, 1.54) is 15.2 Å². The topological polar surface area (TPSA) is 148 Å². The number of hydrogen-bond donors (Lipinski definition) is 2. The smallest absolute Gasteiger partial charge is 0.332 e. The van der Waals surface area contributed by atoms with Crippen LogP contribution in [0.15, 0.2) is 58.1 Å². The summed E-state index contributed by atoms with van der Waals surface area (Å²) in [5, 5.41) is 0. The van der Waals surface area contributed by atoms with Gasteiger partial charge < -0.3 is 19.5 Å². The molecule has 4 aromatic rings. The van der Waals surface area contributed by atoms with Crippen LogP contribution in [0, 0.1) is 0 Å². The standard InChI is InChI=1S/C23H25N5O5S/c1-2-11-28-22(29)20-21(27(23(28)30)12-10-15-6-8-17(24)9-7-15)26-19(25-20)14-16-4-3-5-18(13-16)33-34(31)32/h3-9,13H,2,10-12,14,24H2,1H3,(H,25,26)(H,31,32)/p-1. The lowest BCUT2D eigenvalue weighted by Gasteiger charge is -2.11. The molecule has 34 heavy (non-hydrogen) atoms. The van der Waals surface area contributed by atoms with Crippen LogP contribution in [0.1, 0.15) is 30.3 Å². The summed E-state index contributed by atoms with van der Waals surface area (Å²) in [6, 6.07) is 14.0. The van der Waals surface area contributed by atoms with Crippen LogP contribution in [0.5, 0.6) is 5.75 Å². The third-order valence-corrected chi connectivity index (χ3v) is 5.72. The fourth-order valence-electron chi connectivity index (χ4n) is 3.82. The zero-order chi connectivity index (χ0) is 24.2. The molecule has 0 aliphatic carbocycles. The van der Waals surface area contributed by atoms with Gasteiger partial charge in [0.1, 0.15) is 28.5 Å². The summed E-state index contributed by atoms with van der Waals surface area (Å²) in [7, 11) is 0. The van der Waals surface area contributed by atoms with Crippen molar-refractivity contribution in [1.82, 2.24) is 19.1 Å². The molecule has 0 amide bonds. The Balaban J connectivity index is 1.72. The van der Waals surface area contributed by atoms with Crippen molar-refractivity contribution in [2.24, 2.45) is 0 Å². The maximum atomic E-state index is 13.2. The Morgan fingerprint density at radius 2 is 1.85 bits per heavy atom. The minimum absolute atomic E-state index is 0.174. The molecule has 0 radical (unpaired) electrons. The van der Waals surface area contributed by atoms with Crippen LogP contribution in [0.2, 0.25) is 0 Å². The Bertz CT molecular complexity index is 1460. The molecule has 0 aliphatic rings. The average Bonchev–Trinajstić information content (AvgIpc) is 3.21. The highest BCUT2D eigenvalue weighted by atomic mass is 32.2. The van der Waals surface area contributed by atoms with Crippen molar-refractivity contribution in [3.8, 4) is 5.75 Å². The van der Waals surface area contributed by atoms with Crippen molar-refractivity contribution in [2.75, 3.05) is 5.73 Å². The second-order valence-electron chi connectivity index (χ2n) is 7.88. The number of anilines is 1. The van der Waals surface area contributed by atoms with Crippen LogP contribution in [-0.2, 0) is 37.3 Å². The molecule has 2 aromatic heterocycles. The van der Waals surface area contributed by atoms with E-state index in [0.29, 0.717) is 43.1 Å². The summed E-state index contributed by atoms with van der Waals surface area (Å²) >= 11 is -2.68. The molecule has 1 atom stereocenters. The summed E-state index contributed by atoms with van der Waals surface area (Å²) in [4.78, 5) is 33.8. The van der Waals surface area contributed by atoms with Gasteiger partial charge in [0.05, 0.1) is 0 Å². The van der Waals surface area contributed by atoms with Gasteiger partial charge in [0.15, 0.2) is 5.65 Å². The molecule has 0 spiro atoms. The molecule has 2 aromatic carbocycles. The van der Waals surface area contributed by atoms with Crippen LogP contribution in [0.3, 0.4) is 0 Å². The molecule has 3 N–H and O–H groups in total. The number of aryl methyl sites for hydroxylation is 2. The van der Waals surface area contributed by atoms with Gasteiger partial charge in [-0.1, -0.05) is 31.2 Å². The first-order chi connectivity index (χ1) is 16.4. The second kappa shape index (κ2) is 10.1. The molecular weight excluding hydrogens is 458 g/mol. The van der Waals surface area contributed by atoms with E-state index in [1.54, 1.807) is 30.3 Å². The fraction of sp³-hybridized carbons (Fsp3) is 0.261. The summed E-state index contributed by atoms with van der Waals surface area (Å²) in [6.45, 7) is 2.54. The van der Waals surface area contributed by atoms with Gasteiger partial charge in [0, 0.05) is 25.2 Å². The Morgan fingerprint density at radius 3 is 2.56 bits per heavy atom. The summed E-state index contributed by atoms with van der Waals surface area (Å²) in [6.07, 6.45) is 1.48.